The number of hydrogen-bond acceptors (Lipinski definition) is 2. The quantitative estimate of drug-likeness (QED) is 0.646. The maximum absolute atomic E-state index is 13.5. The van der Waals surface area contributed by atoms with Crippen molar-refractivity contribution in [2.75, 3.05) is 0 Å². The molecule has 0 bridgehead atoms. The molecule has 2 nitrogen and oxygen atoms in total. The lowest BCUT2D eigenvalue weighted by molar-refractivity contribution is 0.101. The fraction of sp³-hybridized carbons (Fsp3) is 0. The van der Waals surface area contributed by atoms with Gasteiger partial charge >= 0.3 is 0 Å². The number of carbonyl (C=O) groups is 1. The van der Waals surface area contributed by atoms with Crippen LogP contribution < -0.4 is 0 Å². The molecule has 0 unspecified atom stereocenters. The van der Waals surface area contributed by atoms with Gasteiger partial charge in [-0.25, -0.2) is 8.78 Å². The van der Waals surface area contributed by atoms with Crippen LogP contribution in [0.5, 0.6) is 0 Å². The third kappa shape index (κ3) is 2.08. The Balaban J connectivity index is 2.10. The largest absolute Gasteiger partial charge is 0.449 e. The van der Waals surface area contributed by atoms with E-state index in [2.05, 4.69) is 0 Å². The van der Waals surface area contributed by atoms with E-state index < -0.39 is 17.4 Å². The summed E-state index contributed by atoms with van der Waals surface area (Å²) in [7, 11) is 0. The minimum atomic E-state index is -0.549. The van der Waals surface area contributed by atoms with Crippen molar-refractivity contribution in [3.63, 3.8) is 0 Å². The molecule has 100 valence electrons. The van der Waals surface area contributed by atoms with E-state index in [1.807, 2.05) is 0 Å². The smallest absolute Gasteiger partial charge is 0.229 e. The lowest BCUT2D eigenvalue weighted by Crippen LogP contribution is -2.00. The van der Waals surface area contributed by atoms with Crippen LogP contribution in [0.1, 0.15) is 16.1 Å². The van der Waals surface area contributed by atoms with Crippen LogP contribution in [0.25, 0.3) is 11.0 Å². The fourth-order valence-corrected chi connectivity index (χ4v) is 2.20. The zero-order valence-corrected chi connectivity index (χ0v) is 10.7. The van der Waals surface area contributed by atoms with E-state index in [9.17, 15) is 13.6 Å². The Hall–Kier alpha value is -2.20. The predicted molar refractivity (Wildman–Crippen MR) is 71.0 cm³/mol. The van der Waals surface area contributed by atoms with Crippen LogP contribution in [0.15, 0.2) is 46.9 Å². The van der Waals surface area contributed by atoms with Crippen molar-refractivity contribution >= 4 is 28.4 Å². The van der Waals surface area contributed by atoms with Gasteiger partial charge in [0.05, 0.1) is 5.02 Å². The van der Waals surface area contributed by atoms with Gasteiger partial charge in [-0.15, -0.1) is 0 Å². The van der Waals surface area contributed by atoms with Gasteiger partial charge < -0.3 is 4.42 Å². The van der Waals surface area contributed by atoms with Crippen LogP contribution in [-0.4, -0.2) is 5.78 Å². The number of halogens is 3. The topological polar surface area (TPSA) is 30.2 Å². The average Bonchev–Trinajstić information content (AvgIpc) is 2.83. The Bertz CT molecular complexity index is 824. The molecule has 0 N–H and O–H groups in total. The molecule has 0 radical (unpaired) electrons. The highest BCUT2D eigenvalue weighted by atomic mass is 35.5. The number of carbonyl (C=O) groups excluding carboxylic acids is 1. The van der Waals surface area contributed by atoms with Crippen LogP contribution in [0.4, 0.5) is 8.78 Å². The van der Waals surface area contributed by atoms with Crippen LogP contribution in [0.2, 0.25) is 5.02 Å². The molecule has 3 rings (SSSR count). The first-order valence-electron chi connectivity index (χ1n) is 5.74. The van der Waals surface area contributed by atoms with Crippen LogP contribution in [0, 0.1) is 11.6 Å². The molecule has 5 heteroatoms. The predicted octanol–water partition coefficient (Wildman–Crippen LogP) is 4.60. The highest BCUT2D eigenvalue weighted by molar-refractivity contribution is 6.34. The summed E-state index contributed by atoms with van der Waals surface area (Å²) in [5.74, 6) is -1.65. The molecule has 2 aromatic carbocycles. The summed E-state index contributed by atoms with van der Waals surface area (Å²) in [6.45, 7) is 0. The molecule has 0 atom stereocenters. The molecule has 0 fully saturated rings. The molecular weight excluding hydrogens is 286 g/mol. The third-order valence-electron chi connectivity index (χ3n) is 2.90. The van der Waals surface area contributed by atoms with Gasteiger partial charge in [-0.1, -0.05) is 23.7 Å². The van der Waals surface area contributed by atoms with E-state index in [0.717, 1.165) is 12.1 Å². The SMILES string of the molecule is O=C(c1cc2cccc(F)c2o1)c1ccc(F)cc1Cl. The zero-order chi connectivity index (χ0) is 14.3. The zero-order valence-electron chi connectivity index (χ0n) is 9.99. The number of rotatable bonds is 2. The normalized spacial score (nSPS) is 10.9. The monoisotopic (exact) mass is 292 g/mol. The van der Waals surface area contributed by atoms with Gasteiger partial charge in [0, 0.05) is 10.9 Å². The van der Waals surface area contributed by atoms with Crippen LogP contribution in [-0.2, 0) is 0 Å². The van der Waals surface area contributed by atoms with Gasteiger partial charge in [0.1, 0.15) is 5.82 Å². The highest BCUT2D eigenvalue weighted by Gasteiger charge is 2.18. The van der Waals surface area contributed by atoms with Gasteiger partial charge in [0.15, 0.2) is 17.2 Å². The number of para-hydroxylation sites is 1. The second-order valence-corrected chi connectivity index (χ2v) is 4.63. The number of benzene rings is 2. The van der Waals surface area contributed by atoms with Crippen molar-refractivity contribution in [3.8, 4) is 0 Å². The van der Waals surface area contributed by atoms with Crippen LogP contribution in [0.3, 0.4) is 0 Å². The number of furan rings is 1. The Morgan fingerprint density at radius 1 is 1.10 bits per heavy atom. The number of ketones is 1. The minimum Gasteiger partial charge on any atom is -0.449 e. The molecule has 0 saturated carbocycles. The molecule has 0 amide bonds. The molecule has 1 aromatic heterocycles. The highest BCUT2D eigenvalue weighted by Crippen LogP contribution is 2.26. The molecule has 0 spiro atoms. The van der Waals surface area contributed by atoms with Crippen molar-refractivity contribution in [2.45, 2.75) is 0 Å². The second kappa shape index (κ2) is 4.72. The van der Waals surface area contributed by atoms with E-state index in [1.165, 1.54) is 24.3 Å². The summed E-state index contributed by atoms with van der Waals surface area (Å²) in [5, 5.41) is 0.461. The van der Waals surface area contributed by atoms with Gasteiger partial charge in [0.2, 0.25) is 5.78 Å². The first-order chi connectivity index (χ1) is 9.56. The van der Waals surface area contributed by atoms with Gasteiger partial charge in [-0.3, -0.25) is 4.79 Å². The lowest BCUT2D eigenvalue weighted by Gasteiger charge is -2.00. The molecule has 0 aliphatic heterocycles. The molecule has 20 heavy (non-hydrogen) atoms. The number of hydrogen-bond donors (Lipinski definition) is 0. The van der Waals surface area contributed by atoms with Crippen molar-refractivity contribution < 1.29 is 18.0 Å². The van der Waals surface area contributed by atoms with E-state index in [0.29, 0.717) is 5.39 Å². The number of fused-ring (bicyclic) bond motifs is 1. The van der Waals surface area contributed by atoms with E-state index >= 15 is 0 Å². The summed E-state index contributed by atoms with van der Waals surface area (Å²) in [5.41, 5.74) is 0.113. The first kappa shape index (κ1) is 12.8. The van der Waals surface area contributed by atoms with Crippen molar-refractivity contribution in [3.05, 3.63) is 70.4 Å². The van der Waals surface area contributed by atoms with E-state index in [4.69, 9.17) is 16.0 Å². The Labute approximate surface area is 117 Å². The van der Waals surface area contributed by atoms with Gasteiger partial charge in [-0.2, -0.15) is 0 Å². The van der Waals surface area contributed by atoms with Crippen molar-refractivity contribution in [2.24, 2.45) is 0 Å². The third-order valence-corrected chi connectivity index (χ3v) is 3.21. The fourth-order valence-electron chi connectivity index (χ4n) is 1.95. The summed E-state index contributed by atoms with van der Waals surface area (Å²) < 4.78 is 31.7. The Morgan fingerprint density at radius 3 is 2.60 bits per heavy atom. The molecule has 3 aromatic rings. The van der Waals surface area contributed by atoms with E-state index in [-0.39, 0.29) is 21.9 Å². The minimum absolute atomic E-state index is 0.00841. The van der Waals surface area contributed by atoms with Gasteiger partial charge in [0.25, 0.3) is 0 Å². The summed E-state index contributed by atoms with van der Waals surface area (Å²) >= 11 is 5.83. The summed E-state index contributed by atoms with van der Waals surface area (Å²) in [6, 6.07) is 9.26. The summed E-state index contributed by atoms with van der Waals surface area (Å²) in [6.07, 6.45) is 0. The van der Waals surface area contributed by atoms with Crippen molar-refractivity contribution in [1.82, 2.24) is 0 Å². The van der Waals surface area contributed by atoms with E-state index in [1.54, 1.807) is 6.07 Å². The maximum atomic E-state index is 13.5. The molecular formula is C15H7ClF2O2. The molecule has 0 aliphatic carbocycles. The van der Waals surface area contributed by atoms with Crippen molar-refractivity contribution in [1.29, 1.82) is 0 Å². The average molecular weight is 293 g/mol. The van der Waals surface area contributed by atoms with Gasteiger partial charge in [-0.05, 0) is 30.3 Å². The Kier molecular flexibility index (Phi) is 3.03. The molecule has 0 saturated heterocycles. The van der Waals surface area contributed by atoms with Crippen LogP contribution >= 0.6 is 11.6 Å². The maximum Gasteiger partial charge on any atom is 0.229 e. The summed E-state index contributed by atoms with van der Waals surface area (Å²) in [4.78, 5) is 12.2. The molecule has 1 heterocycles. The first-order valence-corrected chi connectivity index (χ1v) is 6.12. The second-order valence-electron chi connectivity index (χ2n) is 4.22. The Morgan fingerprint density at radius 2 is 1.90 bits per heavy atom. The lowest BCUT2D eigenvalue weighted by atomic mass is 10.1. The molecule has 0 aliphatic rings. The standard InChI is InChI=1S/C15H7ClF2O2/c16-11-7-9(17)4-5-10(11)14(19)13-6-8-2-1-3-12(18)15(8)20-13/h1-7H.